The average molecular weight is 294 g/mol. The van der Waals surface area contributed by atoms with Crippen molar-refractivity contribution in [3.05, 3.63) is 63.7 Å². The molecule has 0 aromatic heterocycles. The molecule has 108 valence electrons. The summed E-state index contributed by atoms with van der Waals surface area (Å²) >= 11 is 0. The number of non-ortho nitro benzene ring substituents is 1. The zero-order valence-corrected chi connectivity index (χ0v) is 10.3. The summed E-state index contributed by atoms with van der Waals surface area (Å²) in [4.78, 5) is 21.5. The third-order valence-corrected chi connectivity index (χ3v) is 2.61. The van der Waals surface area contributed by atoms with E-state index in [-0.39, 0.29) is 5.69 Å². The maximum absolute atomic E-state index is 13.6. The predicted molar refractivity (Wildman–Crippen MR) is 69.1 cm³/mol. The van der Waals surface area contributed by atoms with Crippen molar-refractivity contribution < 1.29 is 23.6 Å². The van der Waals surface area contributed by atoms with Gasteiger partial charge in [-0.15, -0.1) is 0 Å². The van der Waals surface area contributed by atoms with Gasteiger partial charge in [-0.05, 0) is 18.2 Å². The first-order valence-electron chi connectivity index (χ1n) is 5.62. The SMILES string of the molecule is O=C(Nc1ccc(O)c(F)c1)c1ccc([N+](=O)[O-])cc1F. The summed E-state index contributed by atoms with van der Waals surface area (Å²) < 4.78 is 26.7. The van der Waals surface area contributed by atoms with Gasteiger partial charge in [-0.2, -0.15) is 0 Å². The summed E-state index contributed by atoms with van der Waals surface area (Å²) in [6, 6.07) is 5.66. The molecule has 0 fully saturated rings. The molecule has 21 heavy (non-hydrogen) atoms. The zero-order chi connectivity index (χ0) is 15.6. The Morgan fingerprint density at radius 3 is 2.43 bits per heavy atom. The quantitative estimate of drug-likeness (QED) is 0.517. The Bertz CT molecular complexity index is 734. The van der Waals surface area contributed by atoms with Crippen molar-refractivity contribution >= 4 is 17.3 Å². The van der Waals surface area contributed by atoms with E-state index < -0.39 is 39.5 Å². The topological polar surface area (TPSA) is 92.5 Å². The van der Waals surface area contributed by atoms with Gasteiger partial charge in [-0.25, -0.2) is 8.78 Å². The Labute approximate surface area is 116 Å². The minimum Gasteiger partial charge on any atom is -0.505 e. The van der Waals surface area contributed by atoms with Crippen LogP contribution in [0.2, 0.25) is 0 Å². The number of nitro groups is 1. The van der Waals surface area contributed by atoms with E-state index in [2.05, 4.69) is 5.32 Å². The molecule has 6 nitrogen and oxygen atoms in total. The van der Waals surface area contributed by atoms with Crippen LogP contribution in [-0.4, -0.2) is 15.9 Å². The minimum atomic E-state index is -1.07. The first-order valence-corrected chi connectivity index (χ1v) is 5.62. The van der Waals surface area contributed by atoms with E-state index in [0.29, 0.717) is 6.07 Å². The molecule has 0 aliphatic carbocycles. The summed E-state index contributed by atoms with van der Waals surface area (Å²) in [6.45, 7) is 0. The first kappa shape index (κ1) is 14.4. The van der Waals surface area contributed by atoms with E-state index in [9.17, 15) is 23.7 Å². The molecule has 8 heteroatoms. The maximum atomic E-state index is 13.6. The molecule has 0 unspecified atom stereocenters. The van der Waals surface area contributed by atoms with Crippen molar-refractivity contribution in [2.24, 2.45) is 0 Å². The van der Waals surface area contributed by atoms with Crippen LogP contribution in [0.5, 0.6) is 5.75 Å². The summed E-state index contributed by atoms with van der Waals surface area (Å²) in [5.41, 5.74) is -0.901. The number of nitrogens with zero attached hydrogens (tertiary/aromatic N) is 1. The second-order valence-electron chi connectivity index (χ2n) is 4.04. The maximum Gasteiger partial charge on any atom is 0.272 e. The third-order valence-electron chi connectivity index (χ3n) is 2.61. The fraction of sp³-hybridized carbons (Fsp3) is 0. The molecule has 0 saturated carbocycles. The van der Waals surface area contributed by atoms with Crippen LogP contribution < -0.4 is 5.32 Å². The van der Waals surface area contributed by atoms with Crippen LogP contribution in [0.3, 0.4) is 0 Å². The molecular weight excluding hydrogens is 286 g/mol. The monoisotopic (exact) mass is 294 g/mol. The van der Waals surface area contributed by atoms with Crippen molar-refractivity contribution in [1.82, 2.24) is 0 Å². The van der Waals surface area contributed by atoms with E-state index in [1.165, 1.54) is 6.07 Å². The Balaban J connectivity index is 2.24. The number of aromatic hydroxyl groups is 1. The molecule has 0 radical (unpaired) electrons. The number of carbonyl (C=O) groups excluding carboxylic acids is 1. The molecule has 0 bridgehead atoms. The second kappa shape index (κ2) is 5.53. The highest BCUT2D eigenvalue weighted by Crippen LogP contribution is 2.21. The van der Waals surface area contributed by atoms with Crippen LogP contribution >= 0.6 is 0 Å². The molecule has 2 N–H and O–H groups in total. The lowest BCUT2D eigenvalue weighted by Crippen LogP contribution is -2.14. The number of nitro benzene ring substituents is 1. The number of rotatable bonds is 3. The Kier molecular flexibility index (Phi) is 3.79. The molecule has 0 spiro atoms. The fourth-order valence-corrected chi connectivity index (χ4v) is 1.58. The van der Waals surface area contributed by atoms with Gasteiger partial charge in [0.25, 0.3) is 11.6 Å². The summed E-state index contributed by atoms with van der Waals surface area (Å²) in [7, 11) is 0. The molecule has 0 aliphatic rings. The molecule has 2 aromatic rings. The summed E-state index contributed by atoms with van der Waals surface area (Å²) in [5.74, 6) is -3.50. The summed E-state index contributed by atoms with van der Waals surface area (Å²) in [6.07, 6.45) is 0. The van der Waals surface area contributed by atoms with Crippen LogP contribution in [0.25, 0.3) is 0 Å². The predicted octanol–water partition coefficient (Wildman–Crippen LogP) is 2.83. The highest BCUT2D eigenvalue weighted by molar-refractivity contribution is 6.04. The largest absolute Gasteiger partial charge is 0.505 e. The number of amides is 1. The van der Waals surface area contributed by atoms with Crippen LogP contribution in [0.15, 0.2) is 36.4 Å². The minimum absolute atomic E-state index is 0.00746. The first-order chi connectivity index (χ1) is 9.88. The number of phenols is 1. The van der Waals surface area contributed by atoms with Crippen molar-refractivity contribution in [1.29, 1.82) is 0 Å². The van der Waals surface area contributed by atoms with Crippen LogP contribution in [0.4, 0.5) is 20.2 Å². The number of benzene rings is 2. The van der Waals surface area contributed by atoms with Gasteiger partial charge in [0.2, 0.25) is 0 Å². The lowest BCUT2D eigenvalue weighted by Gasteiger charge is -2.06. The molecule has 0 heterocycles. The van der Waals surface area contributed by atoms with Gasteiger partial charge in [0.05, 0.1) is 16.6 Å². The number of anilines is 1. The Morgan fingerprint density at radius 2 is 1.86 bits per heavy atom. The van der Waals surface area contributed by atoms with Gasteiger partial charge < -0.3 is 10.4 Å². The number of hydrogen-bond acceptors (Lipinski definition) is 4. The Morgan fingerprint density at radius 1 is 1.14 bits per heavy atom. The normalized spacial score (nSPS) is 10.2. The molecule has 0 aliphatic heterocycles. The number of nitrogens with one attached hydrogen (secondary N) is 1. The Hall–Kier alpha value is -3.03. The van der Waals surface area contributed by atoms with Crippen LogP contribution in [0, 0.1) is 21.7 Å². The molecule has 0 atom stereocenters. The average Bonchev–Trinajstić information content (AvgIpc) is 2.42. The summed E-state index contributed by atoms with van der Waals surface area (Å²) in [5, 5.41) is 21.7. The van der Waals surface area contributed by atoms with Crippen molar-refractivity contribution in [3.8, 4) is 5.75 Å². The van der Waals surface area contributed by atoms with Gasteiger partial charge in [-0.1, -0.05) is 0 Å². The number of hydrogen-bond donors (Lipinski definition) is 2. The van der Waals surface area contributed by atoms with Gasteiger partial charge >= 0.3 is 0 Å². The van der Waals surface area contributed by atoms with Crippen molar-refractivity contribution in [2.45, 2.75) is 0 Å². The third kappa shape index (κ3) is 3.11. The van der Waals surface area contributed by atoms with E-state index in [1.807, 2.05) is 0 Å². The molecule has 2 rings (SSSR count). The van der Waals surface area contributed by atoms with E-state index in [1.54, 1.807) is 0 Å². The smallest absolute Gasteiger partial charge is 0.272 e. The van der Waals surface area contributed by atoms with Gasteiger partial charge in [0.15, 0.2) is 11.6 Å². The second-order valence-corrected chi connectivity index (χ2v) is 4.04. The van der Waals surface area contributed by atoms with Gasteiger partial charge in [-0.3, -0.25) is 14.9 Å². The lowest BCUT2D eigenvalue weighted by atomic mass is 10.1. The lowest BCUT2D eigenvalue weighted by molar-refractivity contribution is -0.385. The van der Waals surface area contributed by atoms with E-state index >= 15 is 0 Å². The number of phenolic OH excluding ortho intramolecular Hbond substituents is 1. The molecule has 2 aromatic carbocycles. The van der Waals surface area contributed by atoms with Crippen LogP contribution in [0.1, 0.15) is 10.4 Å². The highest BCUT2D eigenvalue weighted by Gasteiger charge is 2.16. The van der Waals surface area contributed by atoms with Gasteiger partial charge in [0.1, 0.15) is 5.82 Å². The molecule has 0 saturated heterocycles. The van der Waals surface area contributed by atoms with Crippen molar-refractivity contribution in [3.63, 3.8) is 0 Å². The van der Waals surface area contributed by atoms with Crippen LogP contribution in [-0.2, 0) is 0 Å². The van der Waals surface area contributed by atoms with E-state index in [4.69, 9.17) is 5.11 Å². The highest BCUT2D eigenvalue weighted by atomic mass is 19.1. The van der Waals surface area contributed by atoms with Crippen molar-refractivity contribution in [2.75, 3.05) is 5.32 Å². The fourth-order valence-electron chi connectivity index (χ4n) is 1.58. The molecular formula is C13H8F2N2O4. The van der Waals surface area contributed by atoms with Gasteiger partial charge in [0, 0.05) is 17.8 Å². The number of carbonyl (C=O) groups is 1. The zero-order valence-electron chi connectivity index (χ0n) is 10.3. The molecule has 1 amide bonds. The van der Waals surface area contributed by atoms with E-state index in [0.717, 1.165) is 24.3 Å². The standard InChI is InChI=1S/C13H8F2N2O4/c14-10-6-8(17(20)21)2-3-9(10)13(19)16-7-1-4-12(18)11(15)5-7/h1-6,18H,(H,16,19). The number of halogens is 2.